The number of carbonyl (C=O) groups is 1. The van der Waals surface area contributed by atoms with Crippen molar-refractivity contribution in [3.05, 3.63) is 12.3 Å². The van der Waals surface area contributed by atoms with Gasteiger partial charge in [-0.1, -0.05) is 52.5 Å². The van der Waals surface area contributed by atoms with Crippen molar-refractivity contribution in [1.29, 1.82) is 0 Å². The highest BCUT2D eigenvalue weighted by molar-refractivity contribution is 5.72. The average Bonchev–Trinajstić information content (AvgIpc) is 2.59. The zero-order chi connectivity index (χ0) is 13.5. The largest absolute Gasteiger partial charge is 0.494 e. The Morgan fingerprint density at radius 3 is 2.50 bits per heavy atom. The smallest absolute Gasteiger partial charge is 0.311 e. The van der Waals surface area contributed by atoms with Gasteiger partial charge in [0.25, 0.3) is 0 Å². The highest BCUT2D eigenvalue weighted by Crippen LogP contribution is 2.36. The molecule has 104 valence electrons. The Hall–Kier alpha value is -0.990. The van der Waals surface area contributed by atoms with Crippen molar-refractivity contribution in [1.82, 2.24) is 0 Å². The summed E-state index contributed by atoms with van der Waals surface area (Å²) < 4.78 is 5.60. The van der Waals surface area contributed by atoms with E-state index < -0.39 is 11.9 Å². The summed E-state index contributed by atoms with van der Waals surface area (Å²) in [4.78, 5) is 11.2. The number of hydrogen-bond acceptors (Lipinski definition) is 2. The SMILES string of the molecule is C=C1O[C@H](CCCCCCCC)C(C(=O)O)C1C. The van der Waals surface area contributed by atoms with Crippen LogP contribution < -0.4 is 0 Å². The fourth-order valence-electron chi connectivity index (χ4n) is 2.63. The Morgan fingerprint density at radius 2 is 1.89 bits per heavy atom. The monoisotopic (exact) mass is 254 g/mol. The number of carboxylic acid groups (broad SMARTS) is 1. The Balaban J connectivity index is 2.28. The van der Waals surface area contributed by atoms with E-state index in [4.69, 9.17) is 4.74 Å². The zero-order valence-corrected chi connectivity index (χ0v) is 11.7. The number of unbranched alkanes of at least 4 members (excludes halogenated alkanes) is 5. The lowest BCUT2D eigenvalue weighted by atomic mass is 9.88. The van der Waals surface area contributed by atoms with Crippen LogP contribution in [0, 0.1) is 11.8 Å². The molecule has 1 rings (SSSR count). The molecular formula is C15H26O3. The number of hydrogen-bond donors (Lipinski definition) is 1. The minimum atomic E-state index is -0.753. The van der Waals surface area contributed by atoms with Crippen molar-refractivity contribution >= 4 is 5.97 Å². The summed E-state index contributed by atoms with van der Waals surface area (Å²) in [6.07, 6.45) is 7.98. The lowest BCUT2D eigenvalue weighted by Gasteiger charge is -2.15. The molecule has 0 spiro atoms. The summed E-state index contributed by atoms with van der Waals surface area (Å²) >= 11 is 0. The highest BCUT2D eigenvalue weighted by atomic mass is 16.5. The topological polar surface area (TPSA) is 46.5 Å². The lowest BCUT2D eigenvalue weighted by molar-refractivity contribution is -0.144. The Morgan fingerprint density at radius 1 is 1.28 bits per heavy atom. The summed E-state index contributed by atoms with van der Waals surface area (Å²) in [5.74, 6) is -0.587. The maximum absolute atomic E-state index is 11.2. The molecule has 0 aromatic rings. The Labute approximate surface area is 110 Å². The normalized spacial score (nSPS) is 27.2. The van der Waals surface area contributed by atoms with Crippen LogP contribution in [0.3, 0.4) is 0 Å². The van der Waals surface area contributed by atoms with Crippen molar-refractivity contribution in [3.63, 3.8) is 0 Å². The van der Waals surface area contributed by atoms with E-state index in [0.29, 0.717) is 5.76 Å². The van der Waals surface area contributed by atoms with Crippen LogP contribution in [0.2, 0.25) is 0 Å². The molecule has 2 unspecified atom stereocenters. The van der Waals surface area contributed by atoms with Gasteiger partial charge < -0.3 is 9.84 Å². The highest BCUT2D eigenvalue weighted by Gasteiger charge is 2.42. The molecule has 1 N–H and O–H groups in total. The molecule has 3 nitrogen and oxygen atoms in total. The number of allylic oxidation sites excluding steroid dienone is 1. The third-order valence-electron chi connectivity index (χ3n) is 3.88. The van der Waals surface area contributed by atoms with Gasteiger partial charge in [0.15, 0.2) is 0 Å². The summed E-state index contributed by atoms with van der Waals surface area (Å²) in [5, 5.41) is 9.22. The van der Waals surface area contributed by atoms with Crippen molar-refractivity contribution in [2.75, 3.05) is 0 Å². The van der Waals surface area contributed by atoms with E-state index in [1.54, 1.807) is 0 Å². The zero-order valence-electron chi connectivity index (χ0n) is 11.7. The molecule has 1 saturated heterocycles. The molecule has 0 aromatic carbocycles. The first kappa shape index (κ1) is 15.1. The van der Waals surface area contributed by atoms with Gasteiger partial charge in [-0.15, -0.1) is 0 Å². The van der Waals surface area contributed by atoms with Gasteiger partial charge in [0, 0.05) is 5.92 Å². The maximum atomic E-state index is 11.2. The standard InChI is InChI=1S/C15H26O3/c1-4-5-6-7-8-9-10-13-14(15(16)17)11(2)12(3)18-13/h11,13-14H,3-10H2,1-2H3,(H,16,17)/t11?,13-,14?/m1/s1. The van der Waals surface area contributed by atoms with Crippen molar-refractivity contribution in [3.8, 4) is 0 Å². The van der Waals surface area contributed by atoms with Crippen LogP contribution in [-0.4, -0.2) is 17.2 Å². The molecule has 0 saturated carbocycles. The van der Waals surface area contributed by atoms with Crippen LogP contribution in [-0.2, 0) is 9.53 Å². The van der Waals surface area contributed by atoms with E-state index in [2.05, 4.69) is 13.5 Å². The molecule has 1 heterocycles. The molecule has 0 amide bonds. The summed E-state index contributed by atoms with van der Waals surface area (Å²) in [7, 11) is 0. The van der Waals surface area contributed by atoms with E-state index in [-0.39, 0.29) is 12.0 Å². The number of aliphatic carboxylic acids is 1. The fourth-order valence-corrected chi connectivity index (χ4v) is 2.63. The second-order valence-electron chi connectivity index (χ2n) is 5.33. The van der Waals surface area contributed by atoms with Gasteiger partial charge in [-0.25, -0.2) is 0 Å². The quantitative estimate of drug-likeness (QED) is 0.666. The summed E-state index contributed by atoms with van der Waals surface area (Å²) in [6.45, 7) is 7.90. The van der Waals surface area contributed by atoms with Crippen molar-refractivity contribution in [2.24, 2.45) is 11.8 Å². The van der Waals surface area contributed by atoms with Crippen molar-refractivity contribution < 1.29 is 14.6 Å². The second-order valence-corrected chi connectivity index (χ2v) is 5.33. The van der Waals surface area contributed by atoms with Gasteiger partial charge in [0.2, 0.25) is 0 Å². The minimum absolute atomic E-state index is 0.0624. The first-order valence-corrected chi connectivity index (χ1v) is 7.16. The molecule has 0 aromatic heterocycles. The molecule has 0 aliphatic carbocycles. The molecular weight excluding hydrogens is 228 g/mol. The predicted molar refractivity (Wildman–Crippen MR) is 72.3 cm³/mol. The molecule has 0 bridgehead atoms. The van der Waals surface area contributed by atoms with E-state index in [1.165, 1.54) is 32.1 Å². The van der Waals surface area contributed by atoms with Crippen LogP contribution in [0.25, 0.3) is 0 Å². The van der Waals surface area contributed by atoms with E-state index in [9.17, 15) is 9.90 Å². The molecule has 1 aliphatic heterocycles. The van der Waals surface area contributed by atoms with E-state index in [0.717, 1.165) is 12.8 Å². The maximum Gasteiger partial charge on any atom is 0.311 e. The first-order valence-electron chi connectivity index (χ1n) is 7.16. The molecule has 1 fully saturated rings. The van der Waals surface area contributed by atoms with Crippen molar-refractivity contribution in [2.45, 2.75) is 64.9 Å². The van der Waals surface area contributed by atoms with Gasteiger partial charge in [0.1, 0.15) is 12.0 Å². The van der Waals surface area contributed by atoms with E-state index >= 15 is 0 Å². The van der Waals surface area contributed by atoms with E-state index in [1.807, 2.05) is 6.92 Å². The molecule has 18 heavy (non-hydrogen) atoms. The van der Waals surface area contributed by atoms with Gasteiger partial charge >= 0.3 is 5.97 Å². The molecule has 3 atom stereocenters. The van der Waals surface area contributed by atoms with Gasteiger partial charge in [0.05, 0.1) is 5.76 Å². The second kappa shape index (κ2) is 7.45. The summed E-state index contributed by atoms with van der Waals surface area (Å²) in [5.41, 5.74) is 0. The van der Waals surface area contributed by atoms with Crippen LogP contribution in [0.15, 0.2) is 12.3 Å². The third-order valence-corrected chi connectivity index (χ3v) is 3.88. The third kappa shape index (κ3) is 4.04. The van der Waals surface area contributed by atoms with Gasteiger partial charge in [-0.3, -0.25) is 4.79 Å². The Kier molecular flexibility index (Phi) is 6.23. The number of ether oxygens (including phenoxy) is 1. The van der Waals surface area contributed by atoms with Gasteiger partial charge in [-0.2, -0.15) is 0 Å². The van der Waals surface area contributed by atoms with Crippen LogP contribution >= 0.6 is 0 Å². The first-order chi connectivity index (χ1) is 8.57. The van der Waals surface area contributed by atoms with Crippen LogP contribution in [0.4, 0.5) is 0 Å². The number of rotatable bonds is 8. The minimum Gasteiger partial charge on any atom is -0.494 e. The summed E-state index contributed by atoms with van der Waals surface area (Å²) in [6, 6.07) is 0. The Bertz CT molecular complexity index is 285. The number of carboxylic acids is 1. The average molecular weight is 254 g/mol. The van der Waals surface area contributed by atoms with Crippen LogP contribution in [0.5, 0.6) is 0 Å². The molecule has 3 heteroatoms. The van der Waals surface area contributed by atoms with Gasteiger partial charge in [-0.05, 0) is 12.8 Å². The van der Waals surface area contributed by atoms with Crippen LogP contribution in [0.1, 0.15) is 58.8 Å². The molecule has 0 radical (unpaired) electrons. The lowest BCUT2D eigenvalue weighted by Crippen LogP contribution is -2.27. The fraction of sp³-hybridized carbons (Fsp3) is 0.800. The predicted octanol–water partition coefficient (Wildman–Crippen LogP) is 3.99. The molecule has 1 aliphatic rings.